The van der Waals surface area contributed by atoms with Gasteiger partial charge in [-0.2, -0.15) is 5.26 Å². The second-order valence-corrected chi connectivity index (χ2v) is 5.74. The summed E-state index contributed by atoms with van der Waals surface area (Å²) >= 11 is 0. The van der Waals surface area contributed by atoms with Crippen molar-refractivity contribution in [2.75, 3.05) is 0 Å². The fourth-order valence-corrected chi connectivity index (χ4v) is 2.88. The predicted molar refractivity (Wildman–Crippen MR) is 90.7 cm³/mol. The van der Waals surface area contributed by atoms with E-state index in [9.17, 15) is 14.4 Å². The average molecular weight is 330 g/mol. The van der Waals surface area contributed by atoms with Gasteiger partial charge < -0.3 is 0 Å². The number of imide groups is 1. The molecule has 0 saturated heterocycles. The number of hydrogen-bond acceptors (Lipinski definition) is 4. The van der Waals surface area contributed by atoms with Gasteiger partial charge in [0.15, 0.2) is 5.78 Å². The summed E-state index contributed by atoms with van der Waals surface area (Å²) in [7, 11) is 0. The van der Waals surface area contributed by atoms with Gasteiger partial charge in [-0.3, -0.25) is 19.3 Å². The average Bonchev–Trinajstić information content (AvgIpc) is 2.88. The van der Waals surface area contributed by atoms with Crippen LogP contribution in [0, 0.1) is 11.3 Å². The molecule has 2 amide bonds. The van der Waals surface area contributed by atoms with Crippen molar-refractivity contribution in [1.29, 1.82) is 5.26 Å². The summed E-state index contributed by atoms with van der Waals surface area (Å²) in [6.45, 7) is 5.13. The molecule has 0 saturated carbocycles. The van der Waals surface area contributed by atoms with Crippen LogP contribution >= 0.6 is 0 Å². The number of fused-ring (bicyclic) bond motifs is 1. The van der Waals surface area contributed by atoms with E-state index in [4.69, 9.17) is 5.26 Å². The number of nitrogens with zero attached hydrogens (tertiary/aromatic N) is 2. The molecule has 0 aliphatic carbocycles. The highest BCUT2D eigenvalue weighted by molar-refractivity contribution is 6.22. The van der Waals surface area contributed by atoms with Crippen molar-refractivity contribution < 1.29 is 14.4 Å². The van der Waals surface area contributed by atoms with Crippen molar-refractivity contribution in [2.24, 2.45) is 0 Å². The topological polar surface area (TPSA) is 78.2 Å². The van der Waals surface area contributed by atoms with Crippen LogP contribution in [0.5, 0.6) is 0 Å². The maximum absolute atomic E-state index is 12.8. The molecule has 0 aromatic heterocycles. The van der Waals surface area contributed by atoms with Crippen molar-refractivity contribution in [3.8, 4) is 6.07 Å². The number of rotatable bonds is 4. The smallest absolute Gasteiger partial charge is 0.262 e. The molecule has 2 aromatic carbocycles. The van der Waals surface area contributed by atoms with E-state index >= 15 is 0 Å². The summed E-state index contributed by atoms with van der Waals surface area (Å²) < 4.78 is 0. The highest BCUT2D eigenvalue weighted by Crippen LogP contribution is 2.35. The Labute approximate surface area is 144 Å². The number of benzene rings is 2. The number of hydrogen-bond donors (Lipinski definition) is 0. The van der Waals surface area contributed by atoms with Crippen LogP contribution in [-0.2, 0) is 4.79 Å². The second kappa shape index (κ2) is 6.17. The lowest BCUT2D eigenvalue weighted by Gasteiger charge is -2.27. The Morgan fingerprint density at radius 1 is 1.04 bits per heavy atom. The minimum absolute atomic E-state index is 0.138. The van der Waals surface area contributed by atoms with Crippen molar-refractivity contribution >= 4 is 17.6 Å². The van der Waals surface area contributed by atoms with Gasteiger partial charge in [-0.1, -0.05) is 30.8 Å². The van der Waals surface area contributed by atoms with Crippen LogP contribution < -0.4 is 0 Å². The van der Waals surface area contributed by atoms with Gasteiger partial charge in [0.05, 0.1) is 28.8 Å². The van der Waals surface area contributed by atoms with E-state index in [-0.39, 0.29) is 11.4 Å². The van der Waals surface area contributed by atoms with Gasteiger partial charge in [0.1, 0.15) is 0 Å². The highest BCUT2D eigenvalue weighted by Gasteiger charge is 2.42. The van der Waals surface area contributed by atoms with E-state index in [0.29, 0.717) is 22.3 Å². The van der Waals surface area contributed by atoms with Crippen LogP contribution in [0.1, 0.15) is 44.8 Å². The fourth-order valence-electron chi connectivity index (χ4n) is 2.88. The number of ketones is 1. The molecule has 1 atom stereocenters. The Morgan fingerprint density at radius 2 is 1.56 bits per heavy atom. The number of carbonyl (C=O) groups is 3. The molecule has 0 bridgehead atoms. The molecule has 0 N–H and O–H groups in total. The van der Waals surface area contributed by atoms with Crippen molar-refractivity contribution in [2.45, 2.75) is 13.0 Å². The van der Waals surface area contributed by atoms with Crippen molar-refractivity contribution in [3.63, 3.8) is 0 Å². The normalized spacial score (nSPS) is 14.0. The summed E-state index contributed by atoms with van der Waals surface area (Å²) in [4.78, 5) is 38.5. The quantitative estimate of drug-likeness (QED) is 0.637. The van der Waals surface area contributed by atoms with Crippen LogP contribution in [0.4, 0.5) is 0 Å². The molecule has 0 radical (unpaired) electrons. The summed E-state index contributed by atoms with van der Waals surface area (Å²) in [5.41, 5.74) is 1.75. The number of Topliss-reactive ketones (excluding diaryl/α,β-unsaturated/α-hetero) is 1. The van der Waals surface area contributed by atoms with E-state index < -0.39 is 17.9 Å². The second-order valence-electron chi connectivity index (χ2n) is 5.74. The molecule has 1 aliphatic rings. The number of carbonyl (C=O) groups excluding carboxylic acids is 3. The van der Waals surface area contributed by atoms with E-state index in [0.717, 1.165) is 4.90 Å². The molecule has 0 spiro atoms. The molecule has 0 fully saturated rings. The lowest BCUT2D eigenvalue weighted by molar-refractivity contribution is -0.114. The minimum Gasteiger partial charge on any atom is -0.295 e. The first kappa shape index (κ1) is 16.3. The SMILES string of the molecule is C=C(C(C)=O)C(c1ccc(C#N)cc1)N1C(=O)c2ccccc2C1=O. The van der Waals surface area contributed by atoms with E-state index in [1.807, 2.05) is 6.07 Å². The third kappa shape index (κ3) is 2.64. The Morgan fingerprint density at radius 3 is 2.00 bits per heavy atom. The Hall–Kier alpha value is -3.52. The van der Waals surface area contributed by atoms with E-state index in [2.05, 4.69) is 6.58 Å². The van der Waals surface area contributed by atoms with E-state index in [1.54, 1.807) is 48.5 Å². The number of amides is 2. The standard InChI is InChI=1S/C20H14N2O3/c1-12(13(2)23)18(15-9-7-14(11-21)8-10-15)22-19(24)16-5-3-4-6-17(16)20(22)25/h3-10,18H,1H2,2H3. The van der Waals surface area contributed by atoms with Gasteiger partial charge in [-0.25, -0.2) is 0 Å². The van der Waals surface area contributed by atoms with Gasteiger partial charge >= 0.3 is 0 Å². The molecule has 1 aliphatic heterocycles. The largest absolute Gasteiger partial charge is 0.295 e. The molecule has 3 rings (SSSR count). The van der Waals surface area contributed by atoms with Gasteiger partial charge in [0, 0.05) is 5.57 Å². The first-order valence-corrected chi connectivity index (χ1v) is 7.62. The zero-order chi connectivity index (χ0) is 18.1. The van der Waals surface area contributed by atoms with Crippen LogP contribution in [0.25, 0.3) is 0 Å². The zero-order valence-electron chi connectivity index (χ0n) is 13.5. The maximum Gasteiger partial charge on any atom is 0.262 e. The maximum atomic E-state index is 12.8. The molecular formula is C20H14N2O3. The lowest BCUT2D eigenvalue weighted by Crippen LogP contribution is -2.36. The minimum atomic E-state index is -0.905. The summed E-state index contributed by atoms with van der Waals surface area (Å²) in [6.07, 6.45) is 0. The highest BCUT2D eigenvalue weighted by atomic mass is 16.2. The van der Waals surface area contributed by atoms with Gasteiger partial charge in [0.2, 0.25) is 0 Å². The summed E-state index contributed by atoms with van der Waals surface area (Å²) in [5, 5.41) is 8.94. The van der Waals surface area contributed by atoms with Gasteiger partial charge in [-0.05, 0) is 36.8 Å². The summed E-state index contributed by atoms with van der Waals surface area (Å²) in [6, 6.07) is 14.1. The van der Waals surface area contributed by atoms with Crippen LogP contribution in [0.2, 0.25) is 0 Å². The van der Waals surface area contributed by atoms with Gasteiger partial charge in [-0.15, -0.1) is 0 Å². The van der Waals surface area contributed by atoms with Crippen LogP contribution in [0.3, 0.4) is 0 Å². The van der Waals surface area contributed by atoms with Crippen LogP contribution in [-0.4, -0.2) is 22.5 Å². The fraction of sp³-hybridized carbons (Fsp3) is 0.100. The Kier molecular flexibility index (Phi) is 4.04. The van der Waals surface area contributed by atoms with Crippen LogP contribution in [0.15, 0.2) is 60.7 Å². The molecule has 1 unspecified atom stereocenters. The molecule has 5 nitrogen and oxygen atoms in total. The van der Waals surface area contributed by atoms with Crippen molar-refractivity contribution in [3.05, 3.63) is 82.9 Å². The van der Waals surface area contributed by atoms with E-state index in [1.165, 1.54) is 6.92 Å². The number of nitriles is 1. The van der Waals surface area contributed by atoms with Gasteiger partial charge in [0.25, 0.3) is 11.8 Å². The monoisotopic (exact) mass is 330 g/mol. The molecule has 25 heavy (non-hydrogen) atoms. The third-order valence-corrected chi connectivity index (χ3v) is 4.22. The van der Waals surface area contributed by atoms with Crippen molar-refractivity contribution in [1.82, 2.24) is 4.90 Å². The lowest BCUT2D eigenvalue weighted by atomic mass is 9.95. The summed E-state index contributed by atoms with van der Waals surface area (Å²) in [5.74, 6) is -1.24. The zero-order valence-corrected chi connectivity index (χ0v) is 13.5. The Bertz CT molecular complexity index is 917. The molecule has 5 heteroatoms. The molecule has 122 valence electrons. The molecule has 2 aromatic rings. The third-order valence-electron chi connectivity index (χ3n) is 4.22. The molecule has 1 heterocycles. The Balaban J connectivity index is 2.12. The first-order chi connectivity index (χ1) is 12.0. The molecular weight excluding hydrogens is 316 g/mol. The predicted octanol–water partition coefficient (Wildman–Crippen LogP) is 3.04. The first-order valence-electron chi connectivity index (χ1n) is 7.62.